The molecule has 0 N–H and O–H groups in total. The lowest BCUT2D eigenvalue weighted by atomic mass is 10.2. The number of carbonyl (C=O) groups is 1. The van der Waals surface area contributed by atoms with Crippen molar-refractivity contribution in [2.45, 2.75) is 49.8 Å². The summed E-state index contributed by atoms with van der Waals surface area (Å²) in [5, 5.41) is 0. The third-order valence-corrected chi connectivity index (χ3v) is 6.51. The SMILES string of the molecule is O=C1CCCCN1S(=O)(=O)c1ccc(N2CCCCCC2)cc1. The smallest absolute Gasteiger partial charge is 0.266 e. The predicted molar refractivity (Wildman–Crippen MR) is 89.9 cm³/mol. The molecule has 1 amide bonds. The van der Waals surface area contributed by atoms with E-state index in [1.165, 1.54) is 25.7 Å². The second kappa shape index (κ2) is 6.91. The molecule has 0 radical (unpaired) electrons. The van der Waals surface area contributed by atoms with Gasteiger partial charge in [0, 0.05) is 31.7 Å². The highest BCUT2D eigenvalue weighted by molar-refractivity contribution is 7.89. The van der Waals surface area contributed by atoms with Crippen LogP contribution in [0.25, 0.3) is 0 Å². The van der Waals surface area contributed by atoms with Crippen molar-refractivity contribution in [1.29, 1.82) is 0 Å². The highest BCUT2D eigenvalue weighted by Gasteiger charge is 2.31. The van der Waals surface area contributed by atoms with E-state index in [-0.39, 0.29) is 10.8 Å². The molecule has 0 unspecified atom stereocenters. The van der Waals surface area contributed by atoms with Gasteiger partial charge in [-0.15, -0.1) is 0 Å². The zero-order valence-corrected chi connectivity index (χ0v) is 14.2. The van der Waals surface area contributed by atoms with Gasteiger partial charge in [0.1, 0.15) is 0 Å². The standard InChI is InChI=1S/C17H24N2O3S/c20-17-7-3-6-14-19(17)23(21,22)16-10-8-15(9-11-16)18-12-4-1-2-5-13-18/h8-11H,1-7,12-14H2. The van der Waals surface area contributed by atoms with Crippen LogP contribution in [0, 0.1) is 0 Å². The Morgan fingerprint density at radius 3 is 2.00 bits per heavy atom. The third kappa shape index (κ3) is 3.52. The number of sulfonamides is 1. The number of anilines is 1. The Morgan fingerprint density at radius 2 is 1.39 bits per heavy atom. The Hall–Kier alpha value is -1.56. The van der Waals surface area contributed by atoms with Crippen LogP contribution in [0.1, 0.15) is 44.9 Å². The molecule has 2 aliphatic rings. The van der Waals surface area contributed by atoms with Crippen LogP contribution in [0.3, 0.4) is 0 Å². The highest BCUT2D eigenvalue weighted by Crippen LogP contribution is 2.25. The van der Waals surface area contributed by atoms with Crippen molar-refractivity contribution < 1.29 is 13.2 Å². The van der Waals surface area contributed by atoms with Crippen molar-refractivity contribution in [3.8, 4) is 0 Å². The summed E-state index contributed by atoms with van der Waals surface area (Å²) in [7, 11) is -3.70. The number of nitrogens with zero attached hydrogens (tertiary/aromatic N) is 2. The van der Waals surface area contributed by atoms with Crippen LogP contribution in [-0.2, 0) is 14.8 Å². The van der Waals surface area contributed by atoms with Gasteiger partial charge in [-0.05, 0) is 49.9 Å². The van der Waals surface area contributed by atoms with E-state index >= 15 is 0 Å². The summed E-state index contributed by atoms with van der Waals surface area (Å²) < 4.78 is 26.3. The van der Waals surface area contributed by atoms with Gasteiger partial charge in [-0.2, -0.15) is 0 Å². The minimum absolute atomic E-state index is 0.214. The highest BCUT2D eigenvalue weighted by atomic mass is 32.2. The van der Waals surface area contributed by atoms with Gasteiger partial charge in [0.05, 0.1) is 4.90 Å². The van der Waals surface area contributed by atoms with E-state index in [2.05, 4.69) is 4.90 Å². The van der Waals surface area contributed by atoms with Gasteiger partial charge in [-0.3, -0.25) is 4.79 Å². The first-order valence-electron chi connectivity index (χ1n) is 8.49. The Bertz CT molecular complexity index is 647. The van der Waals surface area contributed by atoms with Crippen molar-refractivity contribution >= 4 is 21.6 Å². The number of hydrogen-bond donors (Lipinski definition) is 0. The van der Waals surface area contributed by atoms with E-state index in [0.717, 1.165) is 35.9 Å². The number of amides is 1. The summed E-state index contributed by atoms with van der Waals surface area (Å²) in [6, 6.07) is 7.01. The van der Waals surface area contributed by atoms with E-state index in [9.17, 15) is 13.2 Å². The van der Waals surface area contributed by atoms with Crippen LogP contribution in [0.2, 0.25) is 0 Å². The normalized spacial score (nSPS) is 20.4. The summed E-state index contributed by atoms with van der Waals surface area (Å²) in [6.07, 6.45) is 6.74. The number of hydrogen-bond acceptors (Lipinski definition) is 4. The molecule has 0 aromatic heterocycles. The molecule has 2 aliphatic heterocycles. The maximum atomic E-state index is 12.6. The second-order valence-corrected chi connectivity index (χ2v) is 8.19. The minimum atomic E-state index is -3.70. The van der Waals surface area contributed by atoms with Crippen molar-refractivity contribution in [2.75, 3.05) is 24.5 Å². The average Bonchev–Trinajstić information content (AvgIpc) is 2.84. The zero-order valence-electron chi connectivity index (χ0n) is 13.4. The van der Waals surface area contributed by atoms with Gasteiger partial charge >= 0.3 is 0 Å². The first-order chi connectivity index (χ1) is 11.1. The Labute approximate surface area is 138 Å². The molecule has 1 aromatic rings. The maximum Gasteiger partial charge on any atom is 0.266 e. The van der Waals surface area contributed by atoms with E-state index < -0.39 is 10.0 Å². The molecule has 6 heteroatoms. The molecule has 2 heterocycles. The molecule has 3 rings (SSSR count). The number of carbonyl (C=O) groups excluding carboxylic acids is 1. The maximum absolute atomic E-state index is 12.6. The fourth-order valence-corrected chi connectivity index (χ4v) is 4.78. The van der Waals surface area contributed by atoms with Gasteiger partial charge in [0.2, 0.25) is 5.91 Å². The van der Waals surface area contributed by atoms with E-state index in [0.29, 0.717) is 13.0 Å². The molecule has 126 valence electrons. The van der Waals surface area contributed by atoms with Crippen LogP contribution >= 0.6 is 0 Å². The van der Waals surface area contributed by atoms with E-state index in [1.807, 2.05) is 12.1 Å². The van der Waals surface area contributed by atoms with Crippen molar-refractivity contribution in [1.82, 2.24) is 4.31 Å². The average molecular weight is 336 g/mol. The lowest BCUT2D eigenvalue weighted by Crippen LogP contribution is -2.40. The van der Waals surface area contributed by atoms with Crippen LogP contribution in [0.5, 0.6) is 0 Å². The number of benzene rings is 1. The fourth-order valence-electron chi connectivity index (χ4n) is 3.32. The summed E-state index contributed by atoms with van der Waals surface area (Å²) in [4.78, 5) is 14.4. The Balaban J connectivity index is 1.79. The molecule has 2 saturated heterocycles. The van der Waals surface area contributed by atoms with Crippen LogP contribution in [0.4, 0.5) is 5.69 Å². The number of piperidine rings is 1. The summed E-state index contributed by atoms with van der Waals surface area (Å²) in [6.45, 7) is 2.35. The second-order valence-electron chi connectivity index (χ2n) is 6.32. The van der Waals surface area contributed by atoms with Crippen LogP contribution < -0.4 is 4.90 Å². The predicted octanol–water partition coefficient (Wildman–Crippen LogP) is 2.77. The number of rotatable bonds is 3. The molecule has 0 saturated carbocycles. The molecular weight excluding hydrogens is 312 g/mol. The summed E-state index contributed by atoms with van der Waals surface area (Å²) >= 11 is 0. The topological polar surface area (TPSA) is 57.7 Å². The molecule has 1 aromatic carbocycles. The summed E-state index contributed by atoms with van der Waals surface area (Å²) in [5.41, 5.74) is 1.07. The van der Waals surface area contributed by atoms with E-state index in [1.54, 1.807) is 12.1 Å². The lowest BCUT2D eigenvalue weighted by molar-refractivity contribution is -0.128. The van der Waals surface area contributed by atoms with Gasteiger partial charge in [0.15, 0.2) is 0 Å². The monoisotopic (exact) mass is 336 g/mol. The molecule has 0 bridgehead atoms. The summed E-state index contributed by atoms with van der Waals surface area (Å²) in [5.74, 6) is -0.284. The fraction of sp³-hybridized carbons (Fsp3) is 0.588. The first kappa shape index (κ1) is 16.3. The largest absolute Gasteiger partial charge is 0.372 e. The molecule has 5 nitrogen and oxygen atoms in total. The third-order valence-electron chi connectivity index (χ3n) is 4.68. The van der Waals surface area contributed by atoms with Gasteiger partial charge < -0.3 is 4.90 Å². The van der Waals surface area contributed by atoms with Crippen LogP contribution in [0.15, 0.2) is 29.2 Å². The molecular formula is C17H24N2O3S. The lowest BCUT2D eigenvalue weighted by Gasteiger charge is -2.27. The Morgan fingerprint density at radius 1 is 0.783 bits per heavy atom. The zero-order chi connectivity index (χ0) is 16.3. The quantitative estimate of drug-likeness (QED) is 0.852. The molecule has 0 spiro atoms. The molecule has 0 aliphatic carbocycles. The Kier molecular flexibility index (Phi) is 4.90. The van der Waals surface area contributed by atoms with Crippen LogP contribution in [-0.4, -0.2) is 38.3 Å². The molecule has 2 fully saturated rings. The van der Waals surface area contributed by atoms with Crippen molar-refractivity contribution in [2.24, 2.45) is 0 Å². The van der Waals surface area contributed by atoms with Gasteiger partial charge in [0.25, 0.3) is 10.0 Å². The van der Waals surface area contributed by atoms with Gasteiger partial charge in [-0.1, -0.05) is 12.8 Å². The van der Waals surface area contributed by atoms with Crippen molar-refractivity contribution in [3.63, 3.8) is 0 Å². The molecule has 23 heavy (non-hydrogen) atoms. The minimum Gasteiger partial charge on any atom is -0.372 e. The van der Waals surface area contributed by atoms with E-state index in [4.69, 9.17) is 0 Å². The van der Waals surface area contributed by atoms with Gasteiger partial charge in [-0.25, -0.2) is 12.7 Å². The van der Waals surface area contributed by atoms with Crippen molar-refractivity contribution in [3.05, 3.63) is 24.3 Å². The molecule has 0 atom stereocenters. The first-order valence-corrected chi connectivity index (χ1v) is 9.94.